The van der Waals surface area contributed by atoms with Gasteiger partial charge in [0.2, 0.25) is 0 Å². The first-order valence-electron chi connectivity index (χ1n) is 10.5. The molecule has 32 heavy (non-hydrogen) atoms. The fourth-order valence-electron chi connectivity index (χ4n) is 2.75. The van der Waals surface area contributed by atoms with Crippen molar-refractivity contribution in [1.29, 1.82) is 0 Å². The number of carbonyl (C=O) groups is 1. The number of nitro groups is 3. The minimum atomic E-state index is -3.47. The van der Waals surface area contributed by atoms with Crippen molar-refractivity contribution >= 4 is 6.29 Å². The van der Waals surface area contributed by atoms with Crippen LogP contribution in [-0.2, 0) is 4.79 Å². The molecule has 0 saturated carbocycles. The van der Waals surface area contributed by atoms with Gasteiger partial charge in [-0.15, -0.1) is 0 Å². The molecule has 10 nitrogen and oxygen atoms in total. The molecule has 1 unspecified atom stereocenters. The number of nitrogens with zero attached hydrogens (tertiary/aromatic N) is 3. The maximum atomic E-state index is 11.1. The minimum absolute atomic E-state index is 0.105. The molecule has 0 radical (unpaired) electrons. The summed E-state index contributed by atoms with van der Waals surface area (Å²) in [5, 5.41) is 33.2. The Morgan fingerprint density at radius 1 is 0.719 bits per heavy atom. The van der Waals surface area contributed by atoms with Gasteiger partial charge in [-0.3, -0.25) is 35.1 Å². The number of unbranched alkanes of at least 4 members (excludes halogenated alkanes) is 1. The highest BCUT2D eigenvalue weighted by molar-refractivity contribution is 5.60. The van der Waals surface area contributed by atoms with Crippen LogP contribution in [0.2, 0.25) is 0 Å². The number of hydrogen-bond donors (Lipinski definition) is 0. The van der Waals surface area contributed by atoms with Crippen LogP contribution < -0.4 is 0 Å². The molecule has 0 spiro atoms. The van der Waals surface area contributed by atoms with Crippen molar-refractivity contribution in [3.05, 3.63) is 91.1 Å². The number of carbonyl (C=O) groups excluding carboxylic acids is 1. The quantitative estimate of drug-likeness (QED) is 0.0714. The van der Waals surface area contributed by atoms with Crippen LogP contribution in [-0.4, -0.2) is 32.8 Å². The van der Waals surface area contributed by atoms with Crippen LogP contribution in [0.4, 0.5) is 0 Å². The Hall–Kier alpha value is -3.43. The molecule has 10 heteroatoms. The molecule has 0 fully saturated rings. The lowest BCUT2D eigenvalue weighted by Gasteiger charge is -2.15. The summed E-state index contributed by atoms with van der Waals surface area (Å²) in [6.45, 7) is 2.10. The molecule has 0 aromatic carbocycles. The van der Waals surface area contributed by atoms with Crippen molar-refractivity contribution in [2.24, 2.45) is 0 Å². The number of aldehydes is 1. The van der Waals surface area contributed by atoms with E-state index in [1.807, 2.05) is 18.2 Å². The summed E-state index contributed by atoms with van der Waals surface area (Å²) >= 11 is 0. The number of hydrogen-bond acceptors (Lipinski definition) is 7. The van der Waals surface area contributed by atoms with Gasteiger partial charge in [0.15, 0.2) is 0 Å². The van der Waals surface area contributed by atoms with E-state index in [2.05, 4.69) is 43.4 Å². The zero-order valence-electron chi connectivity index (χ0n) is 18.3. The van der Waals surface area contributed by atoms with Crippen molar-refractivity contribution in [2.45, 2.75) is 70.0 Å². The first kappa shape index (κ1) is 28.6. The lowest BCUT2D eigenvalue weighted by Crippen LogP contribution is -2.60. The highest BCUT2D eigenvalue weighted by Crippen LogP contribution is 2.22. The monoisotopic (exact) mass is 449 g/mol. The van der Waals surface area contributed by atoms with Gasteiger partial charge in [-0.25, -0.2) is 0 Å². The largest absolute Gasteiger partial charge is 0.577 e. The van der Waals surface area contributed by atoms with E-state index in [0.717, 1.165) is 25.7 Å². The van der Waals surface area contributed by atoms with Crippen molar-refractivity contribution in [1.82, 2.24) is 0 Å². The van der Waals surface area contributed by atoms with Gasteiger partial charge >= 0.3 is 11.7 Å². The van der Waals surface area contributed by atoms with Crippen LogP contribution in [0, 0.1) is 30.3 Å². The van der Waals surface area contributed by atoms with Crippen LogP contribution in [0.3, 0.4) is 0 Å². The van der Waals surface area contributed by atoms with Gasteiger partial charge in [0.05, 0.1) is 0 Å². The van der Waals surface area contributed by atoms with E-state index < -0.39 is 39.2 Å². The van der Waals surface area contributed by atoms with Gasteiger partial charge in [-0.2, -0.15) is 0 Å². The average molecular weight is 450 g/mol. The molecular weight excluding hydrogens is 418 g/mol. The molecule has 0 heterocycles. The molecule has 0 aliphatic rings. The Morgan fingerprint density at radius 2 is 1.12 bits per heavy atom. The smallest absolute Gasteiger partial charge is 0.287 e. The molecule has 0 N–H and O–H groups in total. The first-order valence-corrected chi connectivity index (χ1v) is 10.5. The lowest BCUT2D eigenvalue weighted by atomic mass is 9.97. The SMILES string of the molecule is CC/C=C/C/C=C/C/C=C/C/C=C/C/C=C/CCCC([N+](=O)[O-])C(C=O)([N+](=O)[O-])[N+](=O)[O-]. The van der Waals surface area contributed by atoms with Gasteiger partial charge in [-0.1, -0.05) is 67.7 Å². The summed E-state index contributed by atoms with van der Waals surface area (Å²) in [6, 6.07) is -2.23. The third kappa shape index (κ3) is 10.6. The van der Waals surface area contributed by atoms with Gasteiger partial charge < -0.3 is 0 Å². The van der Waals surface area contributed by atoms with Crippen molar-refractivity contribution in [2.75, 3.05) is 0 Å². The molecular formula is C22H31N3O7. The summed E-state index contributed by atoms with van der Waals surface area (Å²) in [4.78, 5) is 40.1. The Bertz CT molecular complexity index is 741. The minimum Gasteiger partial charge on any atom is -0.287 e. The van der Waals surface area contributed by atoms with Crippen molar-refractivity contribution in [3.63, 3.8) is 0 Å². The molecule has 0 aliphatic carbocycles. The van der Waals surface area contributed by atoms with Crippen LogP contribution in [0.15, 0.2) is 60.8 Å². The number of rotatable bonds is 18. The van der Waals surface area contributed by atoms with Crippen molar-refractivity contribution in [3.8, 4) is 0 Å². The summed E-state index contributed by atoms with van der Waals surface area (Å²) in [5.74, 6) is 0. The van der Waals surface area contributed by atoms with E-state index in [1.165, 1.54) is 0 Å². The topological polar surface area (TPSA) is 146 Å². The van der Waals surface area contributed by atoms with Crippen LogP contribution in [0.25, 0.3) is 0 Å². The average Bonchev–Trinajstić information content (AvgIpc) is 2.74. The second-order valence-electron chi connectivity index (χ2n) is 6.86. The first-order chi connectivity index (χ1) is 15.3. The van der Waals surface area contributed by atoms with E-state index >= 15 is 0 Å². The normalized spacial score (nSPS) is 13.7. The Labute approximate surface area is 187 Å². The van der Waals surface area contributed by atoms with E-state index in [-0.39, 0.29) is 6.42 Å². The molecule has 0 bridgehead atoms. The molecule has 176 valence electrons. The van der Waals surface area contributed by atoms with Crippen molar-refractivity contribution < 1.29 is 19.6 Å². The highest BCUT2D eigenvalue weighted by atomic mass is 16.7. The Kier molecular flexibility index (Phi) is 15.4. The summed E-state index contributed by atoms with van der Waals surface area (Å²) in [5.41, 5.74) is -3.47. The van der Waals surface area contributed by atoms with E-state index in [4.69, 9.17) is 0 Å². The second kappa shape index (κ2) is 17.3. The lowest BCUT2D eigenvalue weighted by molar-refractivity contribution is -0.812. The Morgan fingerprint density at radius 3 is 1.47 bits per heavy atom. The molecule has 0 aromatic heterocycles. The fraction of sp³-hybridized carbons (Fsp3) is 0.500. The predicted molar refractivity (Wildman–Crippen MR) is 122 cm³/mol. The molecule has 0 amide bonds. The Balaban J connectivity index is 4.28. The van der Waals surface area contributed by atoms with Gasteiger partial charge in [-0.05, 0) is 44.9 Å². The van der Waals surface area contributed by atoms with Crippen LogP contribution in [0.5, 0.6) is 0 Å². The third-order valence-corrected chi connectivity index (χ3v) is 4.51. The molecule has 0 saturated heterocycles. The predicted octanol–water partition coefficient (Wildman–Crippen LogP) is 5.00. The standard InChI is InChI=1S/C22H31N3O7/c1-2-3-4-5-6-7-8-9-10-11-12-13-14-15-16-17-18-19-21(23(27)28)22(20-26,24(29)30)25(31)32/h3-4,6-7,9-10,12-13,15-16,20-21H,2,5,8,11,14,17-19H2,1H3/b4-3+,7-6+,10-9+,13-12+,16-15+. The maximum absolute atomic E-state index is 11.1. The zero-order chi connectivity index (χ0) is 24.2. The highest BCUT2D eigenvalue weighted by Gasteiger charge is 2.70. The van der Waals surface area contributed by atoms with E-state index in [1.54, 1.807) is 6.08 Å². The molecule has 0 aromatic rings. The van der Waals surface area contributed by atoms with Crippen LogP contribution in [0.1, 0.15) is 58.3 Å². The van der Waals surface area contributed by atoms with Gasteiger partial charge in [0.1, 0.15) is 9.85 Å². The van der Waals surface area contributed by atoms with Gasteiger partial charge in [0.25, 0.3) is 6.29 Å². The number of allylic oxidation sites excluding steroid dienone is 10. The summed E-state index contributed by atoms with van der Waals surface area (Å²) in [6.07, 6.45) is 24.0. The molecule has 1 atom stereocenters. The van der Waals surface area contributed by atoms with E-state index in [9.17, 15) is 35.1 Å². The maximum Gasteiger partial charge on any atom is 0.577 e. The second-order valence-corrected chi connectivity index (χ2v) is 6.86. The van der Waals surface area contributed by atoms with Crippen LogP contribution >= 0.6 is 0 Å². The summed E-state index contributed by atoms with van der Waals surface area (Å²) < 4.78 is 0. The van der Waals surface area contributed by atoms with Gasteiger partial charge in [0, 0.05) is 11.3 Å². The third-order valence-electron chi connectivity index (χ3n) is 4.51. The molecule has 0 rings (SSSR count). The van der Waals surface area contributed by atoms with E-state index in [0.29, 0.717) is 12.8 Å². The summed E-state index contributed by atoms with van der Waals surface area (Å²) in [7, 11) is 0. The zero-order valence-corrected chi connectivity index (χ0v) is 18.3. The molecule has 0 aliphatic heterocycles. The fourth-order valence-corrected chi connectivity index (χ4v) is 2.75.